The van der Waals surface area contributed by atoms with E-state index in [1.54, 1.807) is 36.4 Å². The first-order valence-electron chi connectivity index (χ1n) is 11.9. The minimum absolute atomic E-state index is 0. The molecule has 1 aliphatic rings. The van der Waals surface area contributed by atoms with Gasteiger partial charge in [0.1, 0.15) is 5.70 Å². The Morgan fingerprint density at radius 2 is 0.978 bits per heavy atom. The molecule has 0 N–H and O–H groups in total. The van der Waals surface area contributed by atoms with Gasteiger partial charge in [0.15, 0.2) is 37.1 Å². The molecular formula is C26H19N4Na3O9S3. The van der Waals surface area contributed by atoms with E-state index in [9.17, 15) is 38.9 Å². The van der Waals surface area contributed by atoms with Gasteiger partial charge in [-0.25, -0.2) is 25.3 Å². The zero-order chi connectivity index (χ0) is 30.3. The molecule has 1 aromatic heterocycles. The summed E-state index contributed by atoms with van der Waals surface area (Å²) >= 11 is 0. The number of aromatic nitrogens is 1. The second-order valence-electron chi connectivity index (χ2n) is 8.82. The second kappa shape index (κ2) is 15.8. The Labute approximate surface area is 327 Å². The average Bonchev–Trinajstić information content (AvgIpc) is 2.95. The van der Waals surface area contributed by atoms with Crippen LogP contribution in [0.3, 0.4) is 0 Å². The number of hydrogen-bond acceptors (Lipinski definition) is 10. The van der Waals surface area contributed by atoms with Crippen LogP contribution in [0.2, 0.25) is 0 Å². The van der Waals surface area contributed by atoms with Crippen LogP contribution >= 0.6 is 0 Å². The van der Waals surface area contributed by atoms with E-state index in [1.165, 1.54) is 66.7 Å². The largest absolute Gasteiger partial charge is 1.00 e. The summed E-state index contributed by atoms with van der Waals surface area (Å²) in [4.78, 5) is 4.02. The van der Waals surface area contributed by atoms with Crippen LogP contribution in [0.25, 0.3) is 22.5 Å². The molecule has 3 aromatic carbocycles. The van der Waals surface area contributed by atoms with Gasteiger partial charge in [0.05, 0.1) is 11.4 Å². The van der Waals surface area contributed by atoms with Crippen molar-refractivity contribution in [2.45, 2.75) is 6.17 Å². The van der Waals surface area contributed by atoms with Gasteiger partial charge in [-0.3, -0.25) is 9.29 Å². The van der Waals surface area contributed by atoms with Crippen LogP contribution in [-0.4, -0.2) is 57.0 Å². The predicted octanol–water partition coefficient (Wildman–Crippen LogP) is -6.50. The molecule has 45 heavy (non-hydrogen) atoms. The van der Waals surface area contributed by atoms with Gasteiger partial charge in [0.25, 0.3) is 0 Å². The summed E-state index contributed by atoms with van der Waals surface area (Å²) in [6, 6.07) is 25.0. The number of hydrazine groups is 1. The Morgan fingerprint density at radius 3 is 1.40 bits per heavy atom. The first kappa shape index (κ1) is 40.0. The maximum Gasteiger partial charge on any atom is 1.00 e. The third-order valence-electron chi connectivity index (χ3n) is 6.18. The normalized spacial score (nSPS) is 15.8. The topological polar surface area (TPSA) is 194 Å². The standard InChI is InChI=1S/C26H22N4O9S3.3Na/c31-40(32,33)28-24(20-12-6-2-7-13-20)25(21-14-8-3-9-15-21)29(41(34,35)36)30(42(37,38)39)26(28)23-18-22(16-17-27-23)19-10-4-1-5-11-19;;;/h1-18,26H,(H,31,32,33)(H,34,35,36)(H,37,38,39);;;/q;3*+1/p-3. The van der Waals surface area contributed by atoms with Gasteiger partial charge in [-0.05, 0) is 23.3 Å². The molecule has 0 aliphatic carbocycles. The molecule has 0 spiro atoms. The quantitative estimate of drug-likeness (QED) is 0.133. The van der Waals surface area contributed by atoms with Gasteiger partial charge in [0.2, 0.25) is 0 Å². The molecule has 0 saturated heterocycles. The summed E-state index contributed by atoms with van der Waals surface area (Å²) in [6.45, 7) is 0. The molecule has 0 fully saturated rings. The van der Waals surface area contributed by atoms with Crippen molar-refractivity contribution in [1.29, 1.82) is 0 Å². The van der Waals surface area contributed by atoms with Crippen molar-refractivity contribution in [1.82, 2.24) is 18.1 Å². The van der Waals surface area contributed by atoms with Crippen molar-refractivity contribution in [2.75, 3.05) is 0 Å². The van der Waals surface area contributed by atoms with Gasteiger partial charge in [-0.1, -0.05) is 95.4 Å². The van der Waals surface area contributed by atoms with Crippen molar-refractivity contribution in [3.05, 3.63) is 126 Å². The number of hydrogen-bond donors (Lipinski definition) is 0. The van der Waals surface area contributed by atoms with E-state index in [4.69, 9.17) is 0 Å². The van der Waals surface area contributed by atoms with Gasteiger partial charge < -0.3 is 13.7 Å². The number of benzene rings is 3. The first-order chi connectivity index (χ1) is 19.8. The van der Waals surface area contributed by atoms with Crippen molar-refractivity contribution >= 4 is 42.3 Å². The molecule has 218 valence electrons. The number of rotatable bonds is 7. The maximum atomic E-state index is 13.1. The molecule has 0 radical (unpaired) electrons. The summed E-state index contributed by atoms with van der Waals surface area (Å²) < 4.78 is 115. The van der Waals surface area contributed by atoms with Crippen molar-refractivity contribution in [3.63, 3.8) is 0 Å². The minimum Gasteiger partial charge on any atom is -0.734 e. The molecule has 5 rings (SSSR count). The van der Waals surface area contributed by atoms with Crippen LogP contribution in [-0.2, 0) is 30.9 Å². The van der Waals surface area contributed by atoms with E-state index in [2.05, 4.69) is 4.98 Å². The smallest absolute Gasteiger partial charge is 0.734 e. The summed E-state index contributed by atoms with van der Waals surface area (Å²) in [5, 5.41) is 0. The summed E-state index contributed by atoms with van der Waals surface area (Å²) in [5.74, 6) is 0. The van der Waals surface area contributed by atoms with E-state index in [0.717, 1.165) is 6.20 Å². The van der Waals surface area contributed by atoms with Gasteiger partial charge in [-0.2, -0.15) is 4.41 Å². The molecule has 0 bridgehead atoms. The fraction of sp³-hybridized carbons (Fsp3) is 0.0385. The van der Waals surface area contributed by atoms with E-state index in [-0.39, 0.29) is 109 Å². The molecule has 4 aromatic rings. The van der Waals surface area contributed by atoms with Crippen LogP contribution in [0, 0.1) is 0 Å². The average molecular weight is 697 g/mol. The molecule has 19 heteroatoms. The molecule has 1 unspecified atom stereocenters. The molecule has 1 atom stereocenters. The molecule has 2 heterocycles. The Balaban J connectivity index is 0.00000235. The van der Waals surface area contributed by atoms with E-state index in [1.807, 2.05) is 0 Å². The van der Waals surface area contributed by atoms with E-state index < -0.39 is 58.6 Å². The molecule has 0 saturated carbocycles. The Morgan fingerprint density at radius 1 is 0.533 bits per heavy atom. The molecule has 0 amide bonds. The van der Waals surface area contributed by atoms with Crippen molar-refractivity contribution in [3.8, 4) is 11.1 Å². The SMILES string of the molecule is O=S(=O)([O-])N1C(c2ccccc2)=C(c2ccccc2)N(S(=O)(=O)[O-])N(S(=O)(=O)[O-])C1c1cc(-c2ccccc2)ccn1.[Na+].[Na+].[Na+]. The summed E-state index contributed by atoms with van der Waals surface area (Å²) in [7, 11) is -17.8. The Kier molecular flexibility index (Phi) is 14.1. The second-order valence-corrected chi connectivity index (χ2v) is 12.5. The summed E-state index contributed by atoms with van der Waals surface area (Å²) in [5.41, 5.74) is -1.44. The van der Waals surface area contributed by atoms with Crippen LogP contribution in [0.5, 0.6) is 0 Å². The van der Waals surface area contributed by atoms with Crippen LogP contribution < -0.4 is 88.7 Å². The fourth-order valence-corrected chi connectivity index (χ4v) is 7.42. The van der Waals surface area contributed by atoms with Crippen molar-refractivity contribution < 1.29 is 128 Å². The molecular weight excluding hydrogens is 677 g/mol. The third kappa shape index (κ3) is 8.66. The zero-order valence-electron chi connectivity index (χ0n) is 24.2. The fourth-order valence-electron chi connectivity index (χ4n) is 4.60. The predicted molar refractivity (Wildman–Crippen MR) is 147 cm³/mol. The summed E-state index contributed by atoms with van der Waals surface area (Å²) in [6.07, 6.45) is -1.40. The molecule has 1 aliphatic heterocycles. The monoisotopic (exact) mass is 696 g/mol. The van der Waals surface area contributed by atoms with Gasteiger partial charge in [-0.15, -0.1) is 0 Å². The van der Waals surface area contributed by atoms with E-state index in [0.29, 0.717) is 11.1 Å². The number of nitrogens with zero attached hydrogens (tertiary/aromatic N) is 4. The van der Waals surface area contributed by atoms with E-state index >= 15 is 0 Å². The molecule has 13 nitrogen and oxygen atoms in total. The van der Waals surface area contributed by atoms with Crippen molar-refractivity contribution in [2.24, 2.45) is 0 Å². The van der Waals surface area contributed by atoms with Crippen LogP contribution in [0.4, 0.5) is 0 Å². The van der Waals surface area contributed by atoms with Gasteiger partial charge >= 0.3 is 88.7 Å². The Bertz CT molecular complexity index is 1990. The first-order valence-corrected chi connectivity index (χ1v) is 16.0. The minimum atomic E-state index is -6.06. The number of pyridine rings is 1. The zero-order valence-corrected chi connectivity index (χ0v) is 32.6. The van der Waals surface area contributed by atoms with Crippen LogP contribution in [0.1, 0.15) is 23.0 Å². The Hall–Kier alpha value is -1.16. The van der Waals surface area contributed by atoms with Gasteiger partial charge in [0, 0.05) is 17.3 Å². The maximum absolute atomic E-state index is 13.1. The third-order valence-corrected chi connectivity index (χ3v) is 8.75. The van der Waals surface area contributed by atoms with Crippen LogP contribution in [0.15, 0.2) is 109 Å².